The van der Waals surface area contributed by atoms with Crippen LogP contribution >= 0.6 is 0 Å². The van der Waals surface area contributed by atoms with E-state index in [0.717, 1.165) is 15.4 Å². The van der Waals surface area contributed by atoms with Crippen molar-refractivity contribution in [2.45, 2.75) is 31.6 Å². The van der Waals surface area contributed by atoms with Crippen molar-refractivity contribution in [3.8, 4) is 0 Å². The van der Waals surface area contributed by atoms with Crippen LogP contribution in [-0.2, 0) is 14.8 Å². The molecular formula is C24H30N4O5S. The highest BCUT2D eigenvalue weighted by atomic mass is 32.2. The fourth-order valence-corrected chi connectivity index (χ4v) is 4.91. The summed E-state index contributed by atoms with van der Waals surface area (Å²) in [6, 6.07) is 11.2. The van der Waals surface area contributed by atoms with Gasteiger partial charge in [-0.15, -0.1) is 0 Å². The van der Waals surface area contributed by atoms with E-state index < -0.39 is 27.8 Å². The number of piperidine rings is 1. The first-order valence-corrected chi connectivity index (χ1v) is 12.4. The molecule has 2 aromatic rings. The Kier molecular flexibility index (Phi) is 7.73. The summed E-state index contributed by atoms with van der Waals surface area (Å²) >= 11 is 0. The number of rotatable bonds is 5. The molecule has 1 unspecified atom stereocenters. The molecule has 1 saturated heterocycles. The fraction of sp³-hybridized carbons (Fsp3) is 0.375. The molecule has 0 spiro atoms. The second-order valence-electron chi connectivity index (χ2n) is 8.73. The summed E-state index contributed by atoms with van der Waals surface area (Å²) in [7, 11) is -0.889. The van der Waals surface area contributed by atoms with Gasteiger partial charge in [-0.05, 0) is 57.0 Å². The van der Waals surface area contributed by atoms with E-state index in [1.165, 1.54) is 38.4 Å². The molecule has 0 saturated carbocycles. The average molecular weight is 487 g/mol. The summed E-state index contributed by atoms with van der Waals surface area (Å²) in [6.07, 6.45) is 1.27. The van der Waals surface area contributed by atoms with Crippen LogP contribution in [0.4, 0.5) is 0 Å². The molecule has 0 aromatic heterocycles. The quantitative estimate of drug-likeness (QED) is 0.626. The summed E-state index contributed by atoms with van der Waals surface area (Å²) in [5, 5.41) is 0. The maximum absolute atomic E-state index is 13.0. The van der Waals surface area contributed by atoms with E-state index in [4.69, 9.17) is 0 Å². The highest BCUT2D eigenvalue weighted by molar-refractivity contribution is 7.89. The molecule has 2 aromatic carbocycles. The van der Waals surface area contributed by atoms with Gasteiger partial charge >= 0.3 is 0 Å². The molecular weight excluding hydrogens is 456 g/mol. The zero-order valence-corrected chi connectivity index (χ0v) is 20.6. The molecule has 9 nitrogen and oxygen atoms in total. The number of amides is 3. The van der Waals surface area contributed by atoms with Gasteiger partial charge < -0.3 is 4.90 Å². The lowest BCUT2D eigenvalue weighted by Gasteiger charge is -2.32. The second-order valence-corrected chi connectivity index (χ2v) is 10.9. The molecule has 10 heteroatoms. The number of hydrazine groups is 1. The van der Waals surface area contributed by atoms with E-state index in [1.54, 1.807) is 4.90 Å². The molecule has 1 heterocycles. The van der Waals surface area contributed by atoms with Crippen molar-refractivity contribution in [2.24, 2.45) is 5.92 Å². The molecule has 1 aliphatic heterocycles. The lowest BCUT2D eigenvalue weighted by Crippen LogP contribution is -2.50. The highest BCUT2D eigenvalue weighted by Gasteiger charge is 2.29. The largest absolute Gasteiger partial charge is 0.338 e. The Hall–Kier alpha value is -3.24. The van der Waals surface area contributed by atoms with Gasteiger partial charge in [0.2, 0.25) is 15.9 Å². The van der Waals surface area contributed by atoms with Crippen LogP contribution in [0.2, 0.25) is 0 Å². The van der Waals surface area contributed by atoms with Gasteiger partial charge in [-0.3, -0.25) is 25.2 Å². The molecule has 1 aliphatic rings. The van der Waals surface area contributed by atoms with Crippen molar-refractivity contribution in [3.05, 3.63) is 64.7 Å². The summed E-state index contributed by atoms with van der Waals surface area (Å²) in [5.74, 6) is -1.62. The van der Waals surface area contributed by atoms with Gasteiger partial charge in [0, 0.05) is 38.3 Å². The average Bonchev–Trinajstić information content (AvgIpc) is 2.81. The van der Waals surface area contributed by atoms with Crippen molar-refractivity contribution in [1.29, 1.82) is 0 Å². The predicted molar refractivity (Wildman–Crippen MR) is 127 cm³/mol. The Bertz CT molecular complexity index is 1190. The smallest absolute Gasteiger partial charge is 0.269 e. The highest BCUT2D eigenvalue weighted by Crippen LogP contribution is 2.20. The number of carbonyl (C=O) groups excluding carboxylic acids is 3. The molecule has 0 radical (unpaired) electrons. The molecule has 3 rings (SSSR count). The van der Waals surface area contributed by atoms with Crippen LogP contribution in [0.1, 0.15) is 44.7 Å². The third kappa shape index (κ3) is 5.81. The third-order valence-corrected chi connectivity index (χ3v) is 7.53. The van der Waals surface area contributed by atoms with Gasteiger partial charge in [-0.2, -0.15) is 0 Å². The first-order valence-electron chi connectivity index (χ1n) is 11.0. The van der Waals surface area contributed by atoms with Crippen LogP contribution in [0.25, 0.3) is 0 Å². The van der Waals surface area contributed by atoms with Crippen molar-refractivity contribution in [2.75, 3.05) is 27.2 Å². The van der Waals surface area contributed by atoms with Crippen molar-refractivity contribution in [1.82, 2.24) is 20.1 Å². The number of aryl methyl sites for hydroxylation is 2. The molecule has 34 heavy (non-hydrogen) atoms. The summed E-state index contributed by atoms with van der Waals surface area (Å²) in [6.45, 7) is 4.69. The zero-order chi connectivity index (χ0) is 25.0. The SMILES string of the molecule is Cc1cc(C)cc(C(=O)N2CCCC(C(=O)NNC(=O)c3cccc(S(=O)(=O)N(C)C)c3)C2)c1. The molecule has 1 atom stereocenters. The Balaban J connectivity index is 1.62. The van der Waals surface area contributed by atoms with Crippen LogP contribution < -0.4 is 10.9 Å². The van der Waals surface area contributed by atoms with E-state index in [2.05, 4.69) is 10.9 Å². The van der Waals surface area contributed by atoms with Gasteiger partial charge in [0.05, 0.1) is 10.8 Å². The Morgan fingerprint density at radius 1 is 0.971 bits per heavy atom. The minimum absolute atomic E-state index is 0.0238. The number of nitrogens with one attached hydrogen (secondary N) is 2. The number of benzene rings is 2. The van der Waals surface area contributed by atoms with E-state index >= 15 is 0 Å². The molecule has 0 bridgehead atoms. The van der Waals surface area contributed by atoms with Gasteiger partial charge in [0.1, 0.15) is 0 Å². The van der Waals surface area contributed by atoms with Crippen LogP contribution in [0, 0.1) is 19.8 Å². The first kappa shape index (κ1) is 25.4. The van der Waals surface area contributed by atoms with Gasteiger partial charge in [-0.1, -0.05) is 23.3 Å². The molecule has 2 N–H and O–H groups in total. The Morgan fingerprint density at radius 2 is 1.65 bits per heavy atom. The Morgan fingerprint density at radius 3 is 2.29 bits per heavy atom. The van der Waals surface area contributed by atoms with Gasteiger partial charge in [0.15, 0.2) is 0 Å². The number of sulfonamides is 1. The monoisotopic (exact) mass is 486 g/mol. The maximum atomic E-state index is 13.0. The van der Waals surface area contributed by atoms with Crippen LogP contribution in [0.5, 0.6) is 0 Å². The fourth-order valence-electron chi connectivity index (χ4n) is 3.96. The van der Waals surface area contributed by atoms with E-state index in [1.807, 2.05) is 32.0 Å². The number of hydrogen-bond donors (Lipinski definition) is 2. The van der Waals surface area contributed by atoms with E-state index in [-0.39, 0.29) is 22.9 Å². The molecule has 182 valence electrons. The van der Waals surface area contributed by atoms with Crippen molar-refractivity contribution >= 4 is 27.7 Å². The summed E-state index contributed by atoms with van der Waals surface area (Å²) < 4.78 is 25.6. The van der Waals surface area contributed by atoms with Crippen molar-refractivity contribution < 1.29 is 22.8 Å². The molecule has 3 amide bonds. The number of likely N-dealkylation sites (tertiary alicyclic amines) is 1. The normalized spacial score (nSPS) is 16.3. The molecule has 1 fully saturated rings. The minimum atomic E-state index is -3.70. The lowest BCUT2D eigenvalue weighted by molar-refractivity contribution is -0.127. The van der Waals surface area contributed by atoms with Gasteiger partial charge in [0.25, 0.3) is 11.8 Å². The summed E-state index contributed by atoms with van der Waals surface area (Å²) in [5.41, 5.74) is 7.45. The number of carbonyl (C=O) groups is 3. The second kappa shape index (κ2) is 10.4. The maximum Gasteiger partial charge on any atom is 0.269 e. The summed E-state index contributed by atoms with van der Waals surface area (Å²) in [4.78, 5) is 39.8. The number of nitrogens with zero attached hydrogens (tertiary/aromatic N) is 2. The Labute approximate surface area is 200 Å². The zero-order valence-electron chi connectivity index (χ0n) is 19.8. The van der Waals surface area contributed by atoms with Crippen LogP contribution in [0.3, 0.4) is 0 Å². The van der Waals surface area contributed by atoms with Gasteiger partial charge in [-0.25, -0.2) is 12.7 Å². The standard InChI is InChI=1S/C24H30N4O5S/c1-16-11-17(2)13-20(12-16)24(31)28-10-6-8-19(15-28)23(30)26-25-22(29)18-7-5-9-21(14-18)34(32,33)27(3)4/h5,7,9,11-14,19H,6,8,10,15H2,1-4H3,(H,25,29)(H,26,30). The molecule has 0 aliphatic carbocycles. The van der Waals surface area contributed by atoms with E-state index in [0.29, 0.717) is 24.9 Å². The predicted octanol–water partition coefficient (Wildman–Crippen LogP) is 1.87. The van der Waals surface area contributed by atoms with E-state index in [9.17, 15) is 22.8 Å². The number of hydrogen-bond acceptors (Lipinski definition) is 5. The minimum Gasteiger partial charge on any atom is -0.338 e. The van der Waals surface area contributed by atoms with Crippen LogP contribution in [0.15, 0.2) is 47.4 Å². The van der Waals surface area contributed by atoms with Crippen molar-refractivity contribution in [3.63, 3.8) is 0 Å². The topological polar surface area (TPSA) is 116 Å². The first-order chi connectivity index (χ1) is 16.0. The van der Waals surface area contributed by atoms with Crippen LogP contribution in [-0.4, -0.2) is 62.5 Å². The lowest BCUT2D eigenvalue weighted by atomic mass is 9.96. The third-order valence-electron chi connectivity index (χ3n) is 5.72.